The van der Waals surface area contributed by atoms with E-state index in [1.807, 2.05) is 12.1 Å². The van der Waals surface area contributed by atoms with E-state index in [1.165, 1.54) is 38.5 Å². The lowest BCUT2D eigenvalue weighted by molar-refractivity contribution is 0.553. The maximum absolute atomic E-state index is 11.3. The van der Waals surface area contributed by atoms with Crippen LogP contribution in [0.5, 0.6) is 0 Å². The molecular weight excluding hydrogens is 278 g/mol. The number of benzene rings is 1. The highest BCUT2D eigenvalue weighted by atomic mass is 32.2. The van der Waals surface area contributed by atoms with Crippen LogP contribution in [-0.2, 0) is 9.84 Å². The monoisotopic (exact) mass is 299 g/mol. The second kappa shape index (κ2) is 6.77. The van der Waals surface area contributed by atoms with Crippen LogP contribution in [0.3, 0.4) is 0 Å². The number of rotatable bonds is 6. The molecule has 1 aromatic rings. The highest BCUT2D eigenvalue weighted by Crippen LogP contribution is 2.22. The van der Waals surface area contributed by atoms with Crippen LogP contribution in [-0.4, -0.2) is 33.0 Å². The van der Waals surface area contributed by atoms with E-state index in [1.54, 1.807) is 23.9 Å². The SMILES string of the molecule is CS(=O)(=O)c1ccc(SCCCC2CCCN2)cc1. The summed E-state index contributed by atoms with van der Waals surface area (Å²) in [6, 6.07) is 7.89. The van der Waals surface area contributed by atoms with E-state index in [-0.39, 0.29) is 0 Å². The van der Waals surface area contributed by atoms with Crippen LogP contribution in [0.1, 0.15) is 25.7 Å². The van der Waals surface area contributed by atoms with E-state index < -0.39 is 9.84 Å². The fourth-order valence-electron chi connectivity index (χ4n) is 2.31. The van der Waals surface area contributed by atoms with Crippen molar-refractivity contribution in [1.82, 2.24) is 5.32 Å². The van der Waals surface area contributed by atoms with E-state index in [0.717, 1.165) is 10.6 Å². The Morgan fingerprint density at radius 2 is 2.05 bits per heavy atom. The van der Waals surface area contributed by atoms with Crippen molar-refractivity contribution in [2.24, 2.45) is 0 Å². The van der Waals surface area contributed by atoms with E-state index in [2.05, 4.69) is 5.32 Å². The van der Waals surface area contributed by atoms with Crippen LogP contribution in [0, 0.1) is 0 Å². The van der Waals surface area contributed by atoms with Gasteiger partial charge in [-0.3, -0.25) is 0 Å². The van der Waals surface area contributed by atoms with Gasteiger partial charge in [0.15, 0.2) is 9.84 Å². The summed E-state index contributed by atoms with van der Waals surface area (Å²) >= 11 is 1.80. The third-order valence-electron chi connectivity index (χ3n) is 3.38. The smallest absolute Gasteiger partial charge is 0.175 e. The zero-order chi connectivity index (χ0) is 13.7. The zero-order valence-corrected chi connectivity index (χ0v) is 12.9. The molecule has 0 amide bonds. The van der Waals surface area contributed by atoms with Crippen LogP contribution >= 0.6 is 11.8 Å². The lowest BCUT2D eigenvalue weighted by atomic mass is 10.1. The van der Waals surface area contributed by atoms with Crippen molar-refractivity contribution in [2.45, 2.75) is 41.5 Å². The van der Waals surface area contributed by atoms with Crippen LogP contribution in [0.25, 0.3) is 0 Å². The molecule has 1 saturated heterocycles. The number of sulfone groups is 1. The normalized spacial score (nSPS) is 19.7. The molecule has 3 nitrogen and oxygen atoms in total. The van der Waals surface area contributed by atoms with Gasteiger partial charge < -0.3 is 5.32 Å². The van der Waals surface area contributed by atoms with Gasteiger partial charge in [0.25, 0.3) is 0 Å². The van der Waals surface area contributed by atoms with Gasteiger partial charge in [-0.2, -0.15) is 0 Å². The molecule has 1 heterocycles. The molecule has 1 aromatic carbocycles. The minimum atomic E-state index is -3.07. The summed E-state index contributed by atoms with van der Waals surface area (Å²) in [7, 11) is -3.07. The molecule has 2 rings (SSSR count). The molecule has 0 aliphatic carbocycles. The highest BCUT2D eigenvalue weighted by molar-refractivity contribution is 7.99. The Balaban J connectivity index is 1.74. The lowest BCUT2D eigenvalue weighted by Gasteiger charge is -2.09. The fourth-order valence-corrected chi connectivity index (χ4v) is 3.81. The number of hydrogen-bond donors (Lipinski definition) is 1. The maximum Gasteiger partial charge on any atom is 0.175 e. The molecule has 1 aliphatic rings. The average Bonchev–Trinajstić information content (AvgIpc) is 2.87. The second-order valence-electron chi connectivity index (χ2n) is 5.03. The third kappa shape index (κ3) is 4.82. The van der Waals surface area contributed by atoms with Crippen molar-refractivity contribution in [2.75, 3.05) is 18.6 Å². The topological polar surface area (TPSA) is 46.2 Å². The molecule has 1 aliphatic heterocycles. The van der Waals surface area contributed by atoms with E-state index in [4.69, 9.17) is 0 Å². The summed E-state index contributed by atoms with van der Waals surface area (Å²) in [5.74, 6) is 1.09. The predicted octanol–water partition coefficient (Wildman–Crippen LogP) is 2.71. The van der Waals surface area contributed by atoms with Gasteiger partial charge in [0.05, 0.1) is 4.90 Å². The molecule has 1 unspecified atom stereocenters. The molecule has 106 valence electrons. The molecule has 0 radical (unpaired) electrons. The zero-order valence-electron chi connectivity index (χ0n) is 11.3. The van der Waals surface area contributed by atoms with Crippen molar-refractivity contribution in [3.05, 3.63) is 24.3 Å². The molecule has 5 heteroatoms. The summed E-state index contributed by atoms with van der Waals surface area (Å²) in [4.78, 5) is 1.54. The van der Waals surface area contributed by atoms with Crippen molar-refractivity contribution >= 4 is 21.6 Å². The molecule has 0 saturated carbocycles. The minimum absolute atomic E-state index is 0.395. The van der Waals surface area contributed by atoms with Gasteiger partial charge in [0.2, 0.25) is 0 Å². The van der Waals surface area contributed by atoms with E-state index in [9.17, 15) is 8.42 Å². The largest absolute Gasteiger partial charge is 0.314 e. The highest BCUT2D eigenvalue weighted by Gasteiger charge is 2.12. The van der Waals surface area contributed by atoms with Crippen LogP contribution in [0.2, 0.25) is 0 Å². The minimum Gasteiger partial charge on any atom is -0.314 e. The Morgan fingerprint density at radius 3 is 2.63 bits per heavy atom. The van der Waals surface area contributed by atoms with E-state index >= 15 is 0 Å². The Bertz CT molecular complexity index is 491. The van der Waals surface area contributed by atoms with Crippen LogP contribution in [0.4, 0.5) is 0 Å². The van der Waals surface area contributed by atoms with Crippen molar-refractivity contribution in [3.8, 4) is 0 Å². The lowest BCUT2D eigenvalue weighted by Crippen LogP contribution is -2.20. The Morgan fingerprint density at radius 1 is 1.32 bits per heavy atom. The third-order valence-corrected chi connectivity index (χ3v) is 5.61. The van der Waals surface area contributed by atoms with Crippen LogP contribution < -0.4 is 5.32 Å². The summed E-state index contributed by atoms with van der Waals surface area (Å²) in [5.41, 5.74) is 0. The number of hydrogen-bond acceptors (Lipinski definition) is 4. The molecule has 0 spiro atoms. The second-order valence-corrected chi connectivity index (χ2v) is 8.21. The van der Waals surface area contributed by atoms with Gasteiger partial charge >= 0.3 is 0 Å². The first-order valence-corrected chi connectivity index (χ1v) is 9.60. The van der Waals surface area contributed by atoms with Gasteiger partial charge in [-0.05, 0) is 62.2 Å². The van der Waals surface area contributed by atoms with Crippen LogP contribution in [0.15, 0.2) is 34.1 Å². The Kier molecular flexibility index (Phi) is 5.30. The summed E-state index contributed by atoms with van der Waals surface area (Å²) in [6.07, 6.45) is 6.31. The first-order valence-electron chi connectivity index (χ1n) is 6.72. The molecule has 0 aromatic heterocycles. The molecule has 1 N–H and O–H groups in total. The predicted molar refractivity (Wildman–Crippen MR) is 80.5 cm³/mol. The van der Waals surface area contributed by atoms with Crippen molar-refractivity contribution in [1.29, 1.82) is 0 Å². The van der Waals surface area contributed by atoms with Gasteiger partial charge in [-0.25, -0.2) is 8.42 Å². The fraction of sp³-hybridized carbons (Fsp3) is 0.571. The summed E-state index contributed by atoms with van der Waals surface area (Å²) in [6.45, 7) is 1.17. The average molecular weight is 299 g/mol. The molecule has 0 bridgehead atoms. The molecule has 1 atom stereocenters. The standard InChI is InChI=1S/C14H21NO2S2/c1-19(16,17)14-8-6-13(7-9-14)18-11-3-5-12-4-2-10-15-12/h6-9,12,15H,2-5,10-11H2,1H3. The van der Waals surface area contributed by atoms with Crippen molar-refractivity contribution < 1.29 is 8.42 Å². The van der Waals surface area contributed by atoms with Gasteiger partial charge in [0, 0.05) is 17.2 Å². The summed E-state index contributed by atoms with van der Waals surface area (Å²) < 4.78 is 22.7. The molecule has 19 heavy (non-hydrogen) atoms. The quantitative estimate of drug-likeness (QED) is 0.648. The first-order chi connectivity index (χ1) is 9.05. The van der Waals surface area contributed by atoms with Crippen molar-refractivity contribution in [3.63, 3.8) is 0 Å². The Hall–Kier alpha value is -0.520. The van der Waals surface area contributed by atoms with Gasteiger partial charge in [-0.15, -0.1) is 11.8 Å². The van der Waals surface area contributed by atoms with E-state index in [0.29, 0.717) is 10.9 Å². The van der Waals surface area contributed by atoms with Gasteiger partial charge in [0.1, 0.15) is 0 Å². The molecule has 1 fully saturated rings. The Labute approximate surface area is 120 Å². The number of nitrogens with one attached hydrogen (secondary N) is 1. The summed E-state index contributed by atoms with van der Waals surface area (Å²) in [5, 5.41) is 3.50. The molecular formula is C14H21NO2S2. The first kappa shape index (κ1) is 14.9. The number of thioether (sulfide) groups is 1. The maximum atomic E-state index is 11.3. The van der Waals surface area contributed by atoms with Gasteiger partial charge in [-0.1, -0.05) is 0 Å².